The Morgan fingerprint density at radius 3 is 2.29 bits per heavy atom. The average Bonchev–Trinajstić information content (AvgIpc) is 2.62. The third-order valence-corrected chi connectivity index (χ3v) is 6.02. The predicted octanol–water partition coefficient (Wildman–Crippen LogP) is 3.79. The molecule has 10 heteroatoms. The second-order valence-electron chi connectivity index (χ2n) is 6.16. The van der Waals surface area contributed by atoms with Crippen LogP contribution in [0.25, 0.3) is 0 Å². The number of halogens is 4. The van der Waals surface area contributed by atoms with Gasteiger partial charge in [0.1, 0.15) is 0 Å². The number of benzene rings is 2. The molecule has 1 amide bonds. The second kappa shape index (κ2) is 8.62. The number of likely N-dealkylation sites (N-methyl/N-ethyl adjacent to an activating group) is 1. The standard InChI is InChI=1S/C18H18BrF3N2O3S/c1-12(17(25)24(2)11-13-7-9-14(19)10-8-13)23-28(26,27)16-6-4-3-5-15(16)18(20,21)22/h3-10,12,23H,11H2,1-2H3/t12-/m0/s1. The van der Waals surface area contributed by atoms with Gasteiger partial charge >= 0.3 is 6.18 Å². The summed E-state index contributed by atoms with van der Waals surface area (Å²) in [4.78, 5) is 12.9. The lowest BCUT2D eigenvalue weighted by atomic mass is 10.2. The lowest BCUT2D eigenvalue weighted by Gasteiger charge is -2.23. The number of rotatable bonds is 6. The highest BCUT2D eigenvalue weighted by Crippen LogP contribution is 2.33. The van der Waals surface area contributed by atoms with Gasteiger partial charge in [0.05, 0.1) is 16.5 Å². The molecule has 0 unspecified atom stereocenters. The van der Waals surface area contributed by atoms with Crippen molar-refractivity contribution in [3.8, 4) is 0 Å². The zero-order valence-corrected chi connectivity index (χ0v) is 17.4. The van der Waals surface area contributed by atoms with Gasteiger partial charge in [0, 0.05) is 18.1 Å². The minimum Gasteiger partial charge on any atom is -0.340 e. The molecule has 0 bridgehead atoms. The van der Waals surface area contributed by atoms with E-state index in [1.807, 2.05) is 4.72 Å². The first-order valence-electron chi connectivity index (χ1n) is 8.10. The van der Waals surface area contributed by atoms with Gasteiger partial charge in [0.2, 0.25) is 15.9 Å². The fourth-order valence-electron chi connectivity index (χ4n) is 2.55. The Morgan fingerprint density at radius 1 is 1.14 bits per heavy atom. The molecule has 0 heterocycles. The Bertz CT molecular complexity index is 947. The Kier molecular flexibility index (Phi) is 6.89. The van der Waals surface area contributed by atoms with Gasteiger partial charge in [0.15, 0.2) is 0 Å². The number of carbonyl (C=O) groups is 1. The molecule has 2 aromatic rings. The van der Waals surface area contributed by atoms with Crippen LogP contribution in [0.1, 0.15) is 18.1 Å². The van der Waals surface area contributed by atoms with Crippen LogP contribution in [-0.2, 0) is 27.5 Å². The van der Waals surface area contributed by atoms with Crippen molar-refractivity contribution < 1.29 is 26.4 Å². The summed E-state index contributed by atoms with van der Waals surface area (Å²) in [6.07, 6.45) is -4.84. The van der Waals surface area contributed by atoms with Gasteiger partial charge in [-0.15, -0.1) is 0 Å². The first-order valence-corrected chi connectivity index (χ1v) is 10.4. The molecule has 0 saturated heterocycles. The summed E-state index contributed by atoms with van der Waals surface area (Å²) < 4.78 is 67.1. The van der Waals surface area contributed by atoms with E-state index in [2.05, 4.69) is 15.9 Å². The molecular weight excluding hydrogens is 461 g/mol. The molecule has 0 aliphatic heterocycles. The van der Waals surface area contributed by atoms with Crippen LogP contribution < -0.4 is 4.72 Å². The van der Waals surface area contributed by atoms with Crippen LogP contribution in [0.5, 0.6) is 0 Å². The highest BCUT2D eigenvalue weighted by atomic mass is 79.9. The fraction of sp³-hybridized carbons (Fsp3) is 0.278. The number of alkyl halides is 3. The van der Waals surface area contributed by atoms with Gasteiger partial charge in [-0.25, -0.2) is 8.42 Å². The molecular formula is C18H18BrF3N2O3S. The van der Waals surface area contributed by atoms with E-state index in [-0.39, 0.29) is 6.54 Å². The molecule has 152 valence electrons. The van der Waals surface area contributed by atoms with Crippen LogP contribution in [-0.4, -0.2) is 32.3 Å². The van der Waals surface area contributed by atoms with Gasteiger partial charge in [0.25, 0.3) is 0 Å². The van der Waals surface area contributed by atoms with Crippen molar-refractivity contribution in [1.29, 1.82) is 0 Å². The zero-order valence-electron chi connectivity index (χ0n) is 15.0. The Morgan fingerprint density at radius 2 is 1.71 bits per heavy atom. The summed E-state index contributed by atoms with van der Waals surface area (Å²) in [6, 6.07) is 9.77. The van der Waals surface area contributed by atoms with Gasteiger partial charge in [-0.3, -0.25) is 4.79 Å². The number of nitrogens with zero attached hydrogens (tertiary/aromatic N) is 1. The SMILES string of the molecule is C[C@H](NS(=O)(=O)c1ccccc1C(F)(F)F)C(=O)N(C)Cc1ccc(Br)cc1. The quantitative estimate of drug-likeness (QED) is 0.686. The Balaban J connectivity index is 2.15. The highest BCUT2D eigenvalue weighted by Gasteiger charge is 2.37. The molecule has 0 radical (unpaired) electrons. The summed E-state index contributed by atoms with van der Waals surface area (Å²) in [5.74, 6) is -0.573. The van der Waals surface area contributed by atoms with Crippen molar-refractivity contribution in [2.45, 2.75) is 30.6 Å². The summed E-state index contributed by atoms with van der Waals surface area (Å²) in [7, 11) is -3.07. The topological polar surface area (TPSA) is 66.5 Å². The molecule has 0 aliphatic carbocycles. The minimum atomic E-state index is -4.84. The normalized spacial score (nSPS) is 13.2. The monoisotopic (exact) mass is 478 g/mol. The van der Waals surface area contributed by atoms with Crippen LogP contribution in [0, 0.1) is 0 Å². The number of nitrogens with one attached hydrogen (secondary N) is 1. The molecule has 0 aliphatic rings. The predicted molar refractivity (Wildman–Crippen MR) is 102 cm³/mol. The number of amides is 1. The molecule has 2 rings (SSSR count). The van der Waals surface area contributed by atoms with Crippen molar-refractivity contribution in [1.82, 2.24) is 9.62 Å². The van der Waals surface area contributed by atoms with Gasteiger partial charge < -0.3 is 4.90 Å². The van der Waals surface area contributed by atoms with Gasteiger partial charge in [-0.05, 0) is 36.8 Å². The highest BCUT2D eigenvalue weighted by molar-refractivity contribution is 9.10. The maximum Gasteiger partial charge on any atom is 0.417 e. The molecule has 0 saturated carbocycles. The summed E-state index contributed by atoms with van der Waals surface area (Å²) in [6.45, 7) is 1.51. The smallest absolute Gasteiger partial charge is 0.340 e. The first kappa shape index (κ1) is 22.4. The maximum absolute atomic E-state index is 13.1. The van der Waals surface area contributed by atoms with Crippen LogP contribution in [0.15, 0.2) is 57.9 Å². The average molecular weight is 479 g/mol. The number of hydrogen-bond acceptors (Lipinski definition) is 3. The van der Waals surface area contributed by atoms with Crippen molar-refractivity contribution in [2.75, 3.05) is 7.05 Å². The molecule has 1 atom stereocenters. The molecule has 0 spiro atoms. The van der Waals surface area contributed by atoms with Crippen LogP contribution >= 0.6 is 15.9 Å². The van der Waals surface area contributed by atoms with E-state index in [0.29, 0.717) is 6.07 Å². The van der Waals surface area contributed by atoms with Crippen molar-refractivity contribution >= 4 is 31.9 Å². The fourth-order valence-corrected chi connectivity index (χ4v) is 4.24. The molecule has 5 nitrogen and oxygen atoms in total. The lowest BCUT2D eigenvalue weighted by molar-refractivity contribution is -0.139. The lowest BCUT2D eigenvalue weighted by Crippen LogP contribution is -2.45. The van der Waals surface area contributed by atoms with Crippen molar-refractivity contribution in [2.24, 2.45) is 0 Å². The van der Waals surface area contributed by atoms with E-state index in [4.69, 9.17) is 0 Å². The molecule has 1 N–H and O–H groups in total. The van der Waals surface area contributed by atoms with Crippen LogP contribution in [0.2, 0.25) is 0 Å². The maximum atomic E-state index is 13.1. The summed E-state index contributed by atoms with van der Waals surface area (Å²) in [5, 5.41) is 0. The van der Waals surface area contributed by atoms with Crippen molar-refractivity contribution in [3.63, 3.8) is 0 Å². The van der Waals surface area contributed by atoms with E-state index in [9.17, 15) is 26.4 Å². The first-order chi connectivity index (χ1) is 12.9. The second-order valence-corrected chi connectivity index (χ2v) is 8.76. The zero-order chi connectivity index (χ0) is 21.1. The molecule has 0 fully saturated rings. The number of hydrogen-bond donors (Lipinski definition) is 1. The number of carbonyl (C=O) groups excluding carboxylic acids is 1. The minimum absolute atomic E-state index is 0.220. The summed E-state index contributed by atoms with van der Waals surface area (Å²) >= 11 is 3.30. The molecule has 0 aromatic heterocycles. The van der Waals surface area contributed by atoms with E-state index in [0.717, 1.165) is 22.2 Å². The Labute approximate surface area is 169 Å². The molecule has 28 heavy (non-hydrogen) atoms. The third kappa shape index (κ3) is 5.55. The number of sulfonamides is 1. The summed E-state index contributed by atoms with van der Waals surface area (Å²) in [5.41, 5.74) is -0.470. The van der Waals surface area contributed by atoms with Gasteiger partial charge in [-0.2, -0.15) is 17.9 Å². The molecule has 2 aromatic carbocycles. The van der Waals surface area contributed by atoms with Gasteiger partial charge in [-0.1, -0.05) is 40.2 Å². The van der Waals surface area contributed by atoms with Crippen LogP contribution in [0.3, 0.4) is 0 Å². The van der Waals surface area contributed by atoms with Crippen LogP contribution in [0.4, 0.5) is 13.2 Å². The van der Waals surface area contributed by atoms with E-state index < -0.39 is 38.6 Å². The third-order valence-electron chi connectivity index (χ3n) is 3.89. The largest absolute Gasteiger partial charge is 0.417 e. The Hall–Kier alpha value is -1.91. The van der Waals surface area contributed by atoms with E-state index in [1.165, 1.54) is 24.9 Å². The van der Waals surface area contributed by atoms with E-state index >= 15 is 0 Å². The van der Waals surface area contributed by atoms with Crippen molar-refractivity contribution in [3.05, 3.63) is 64.1 Å². The van der Waals surface area contributed by atoms with E-state index in [1.54, 1.807) is 24.3 Å².